The summed E-state index contributed by atoms with van der Waals surface area (Å²) in [6, 6.07) is 10.2. The molecule has 0 N–H and O–H groups in total. The molecule has 10 heteroatoms. The number of ether oxygens (including phenoxy) is 2. The van der Waals surface area contributed by atoms with Crippen LogP contribution >= 0.6 is 0 Å². The van der Waals surface area contributed by atoms with Crippen molar-refractivity contribution in [3.63, 3.8) is 0 Å². The van der Waals surface area contributed by atoms with Crippen molar-refractivity contribution in [2.24, 2.45) is 11.1 Å². The number of nitro groups is 1. The SMILES string of the molecule is COc1ccc(C2=NO[C@@H]3C(=O)N(c4ccc([N+](=O)[O-])cc4)C(=O)[C@@H]23)cc1OC. The monoisotopic (exact) mass is 397 g/mol. The minimum atomic E-state index is -1.08. The van der Waals surface area contributed by atoms with Crippen LogP contribution in [0.1, 0.15) is 5.56 Å². The highest BCUT2D eigenvalue weighted by molar-refractivity contribution is 6.32. The fourth-order valence-corrected chi connectivity index (χ4v) is 3.39. The zero-order chi connectivity index (χ0) is 20.7. The highest BCUT2D eigenvalue weighted by Crippen LogP contribution is 2.37. The Kier molecular flexibility index (Phi) is 4.38. The maximum absolute atomic E-state index is 13.0. The van der Waals surface area contributed by atoms with Crippen LogP contribution in [0.3, 0.4) is 0 Å². The predicted octanol–water partition coefficient (Wildman–Crippen LogP) is 1.90. The van der Waals surface area contributed by atoms with Crippen molar-refractivity contribution in [2.45, 2.75) is 6.10 Å². The lowest BCUT2D eigenvalue weighted by Gasteiger charge is -2.15. The van der Waals surface area contributed by atoms with Crippen molar-refractivity contribution in [3.8, 4) is 11.5 Å². The van der Waals surface area contributed by atoms with E-state index in [0.717, 1.165) is 4.90 Å². The molecule has 2 aromatic carbocycles. The lowest BCUT2D eigenvalue weighted by atomic mass is 9.94. The fourth-order valence-electron chi connectivity index (χ4n) is 3.39. The van der Waals surface area contributed by atoms with E-state index in [1.165, 1.54) is 38.5 Å². The molecule has 10 nitrogen and oxygen atoms in total. The van der Waals surface area contributed by atoms with Gasteiger partial charge in [-0.3, -0.25) is 19.7 Å². The molecule has 4 rings (SSSR count). The predicted molar refractivity (Wildman–Crippen MR) is 100 cm³/mol. The highest BCUT2D eigenvalue weighted by Gasteiger charge is 2.56. The minimum absolute atomic E-state index is 0.142. The van der Waals surface area contributed by atoms with Crippen LogP contribution in [0.15, 0.2) is 47.6 Å². The van der Waals surface area contributed by atoms with E-state index in [1.54, 1.807) is 18.2 Å². The van der Waals surface area contributed by atoms with E-state index in [-0.39, 0.29) is 11.4 Å². The molecule has 148 valence electrons. The van der Waals surface area contributed by atoms with Crippen LogP contribution in [-0.2, 0) is 14.4 Å². The molecule has 29 heavy (non-hydrogen) atoms. The van der Waals surface area contributed by atoms with Gasteiger partial charge in [0.15, 0.2) is 11.5 Å². The molecule has 1 fully saturated rings. The Labute approximate surface area is 164 Å². The third-order valence-corrected chi connectivity index (χ3v) is 4.81. The molecule has 0 saturated carbocycles. The first kappa shape index (κ1) is 18.4. The summed E-state index contributed by atoms with van der Waals surface area (Å²) < 4.78 is 10.5. The van der Waals surface area contributed by atoms with E-state index in [9.17, 15) is 19.7 Å². The van der Waals surface area contributed by atoms with Gasteiger partial charge in [-0.05, 0) is 30.3 Å². The Morgan fingerprint density at radius 3 is 2.34 bits per heavy atom. The van der Waals surface area contributed by atoms with Gasteiger partial charge >= 0.3 is 0 Å². The number of rotatable bonds is 5. The second-order valence-corrected chi connectivity index (χ2v) is 6.34. The third-order valence-electron chi connectivity index (χ3n) is 4.81. The van der Waals surface area contributed by atoms with Gasteiger partial charge in [0.05, 0.1) is 24.8 Å². The van der Waals surface area contributed by atoms with Crippen molar-refractivity contribution in [1.29, 1.82) is 0 Å². The van der Waals surface area contributed by atoms with Crippen molar-refractivity contribution in [3.05, 3.63) is 58.1 Å². The zero-order valence-corrected chi connectivity index (χ0v) is 15.4. The maximum Gasteiger partial charge on any atom is 0.278 e. The zero-order valence-electron chi connectivity index (χ0n) is 15.4. The van der Waals surface area contributed by atoms with Gasteiger partial charge in [-0.2, -0.15) is 0 Å². The van der Waals surface area contributed by atoms with Crippen molar-refractivity contribution < 1.29 is 28.8 Å². The smallest absolute Gasteiger partial charge is 0.278 e. The molecule has 0 aliphatic carbocycles. The van der Waals surface area contributed by atoms with Crippen molar-refractivity contribution >= 4 is 28.9 Å². The first-order valence-corrected chi connectivity index (χ1v) is 8.54. The summed E-state index contributed by atoms with van der Waals surface area (Å²) in [4.78, 5) is 42.3. The van der Waals surface area contributed by atoms with Gasteiger partial charge in [0.1, 0.15) is 11.6 Å². The van der Waals surface area contributed by atoms with E-state index in [2.05, 4.69) is 5.16 Å². The van der Waals surface area contributed by atoms with Crippen LogP contribution in [0, 0.1) is 16.0 Å². The second kappa shape index (κ2) is 6.89. The molecular weight excluding hydrogens is 382 g/mol. The van der Waals surface area contributed by atoms with E-state index in [0.29, 0.717) is 22.8 Å². The summed E-state index contributed by atoms with van der Waals surface area (Å²) in [6.07, 6.45) is -1.08. The van der Waals surface area contributed by atoms with Crippen LogP contribution in [0.4, 0.5) is 11.4 Å². The van der Waals surface area contributed by atoms with Crippen LogP contribution in [0.5, 0.6) is 11.5 Å². The quantitative estimate of drug-likeness (QED) is 0.429. The van der Waals surface area contributed by atoms with Crippen molar-refractivity contribution in [2.75, 3.05) is 19.1 Å². The van der Waals surface area contributed by atoms with Gasteiger partial charge in [0.2, 0.25) is 12.0 Å². The molecule has 2 heterocycles. The number of hydrogen-bond donors (Lipinski definition) is 0. The first-order valence-electron chi connectivity index (χ1n) is 8.54. The number of fused-ring (bicyclic) bond motifs is 1. The number of hydrogen-bond acceptors (Lipinski definition) is 8. The number of carbonyl (C=O) groups is 2. The Balaban J connectivity index is 1.66. The molecule has 0 radical (unpaired) electrons. The summed E-state index contributed by atoms with van der Waals surface area (Å²) >= 11 is 0. The Morgan fingerprint density at radius 1 is 1.03 bits per heavy atom. The number of benzene rings is 2. The average molecular weight is 397 g/mol. The number of nitro benzene ring substituents is 1. The second-order valence-electron chi connectivity index (χ2n) is 6.34. The molecule has 2 aliphatic rings. The number of methoxy groups -OCH3 is 2. The van der Waals surface area contributed by atoms with Crippen molar-refractivity contribution in [1.82, 2.24) is 0 Å². The van der Waals surface area contributed by atoms with Gasteiger partial charge in [-0.1, -0.05) is 5.16 Å². The van der Waals surface area contributed by atoms with E-state index < -0.39 is 28.8 Å². The Morgan fingerprint density at radius 2 is 1.72 bits per heavy atom. The summed E-state index contributed by atoms with van der Waals surface area (Å²) in [5.74, 6) is -1.06. The number of oxime groups is 1. The number of nitrogens with zero attached hydrogens (tertiary/aromatic N) is 3. The molecule has 1 saturated heterocycles. The lowest BCUT2D eigenvalue weighted by Crippen LogP contribution is -2.33. The van der Waals surface area contributed by atoms with Crippen LogP contribution in [0.25, 0.3) is 0 Å². The number of amides is 2. The molecule has 2 aliphatic heterocycles. The number of non-ortho nitro benzene ring substituents is 1. The molecule has 0 bridgehead atoms. The molecule has 0 aromatic heterocycles. The van der Waals surface area contributed by atoms with Crippen LogP contribution in [-0.4, -0.2) is 42.8 Å². The molecule has 2 aromatic rings. The standard InChI is InChI=1S/C19H15N3O7/c1-27-13-8-3-10(9-14(13)28-2)16-15-17(29-20-16)19(24)21(18(15)23)11-4-6-12(7-5-11)22(25)26/h3-9,15,17H,1-2H3/t15-,17-/m0/s1. The summed E-state index contributed by atoms with van der Waals surface area (Å²) in [7, 11) is 2.99. The van der Waals surface area contributed by atoms with Gasteiger partial charge in [-0.25, -0.2) is 4.90 Å². The van der Waals surface area contributed by atoms with E-state index >= 15 is 0 Å². The van der Waals surface area contributed by atoms with Gasteiger partial charge in [0, 0.05) is 17.7 Å². The van der Waals surface area contributed by atoms with E-state index in [4.69, 9.17) is 14.3 Å². The minimum Gasteiger partial charge on any atom is -0.493 e. The molecule has 2 atom stereocenters. The highest BCUT2D eigenvalue weighted by atomic mass is 16.7. The summed E-state index contributed by atoms with van der Waals surface area (Å²) in [5.41, 5.74) is 0.952. The lowest BCUT2D eigenvalue weighted by molar-refractivity contribution is -0.384. The molecule has 2 amide bonds. The van der Waals surface area contributed by atoms with Gasteiger partial charge in [0.25, 0.3) is 11.6 Å². The third kappa shape index (κ3) is 2.85. The number of imide groups is 1. The summed E-state index contributed by atoms with van der Waals surface area (Å²) in [6.45, 7) is 0. The fraction of sp³-hybridized carbons (Fsp3) is 0.211. The Bertz CT molecular complexity index is 1050. The van der Waals surface area contributed by atoms with Crippen LogP contribution in [0.2, 0.25) is 0 Å². The Hall–Kier alpha value is -3.95. The normalized spacial score (nSPS) is 20.2. The van der Waals surface area contributed by atoms with E-state index in [1.807, 2.05) is 0 Å². The number of anilines is 1. The largest absolute Gasteiger partial charge is 0.493 e. The number of carbonyl (C=O) groups excluding carboxylic acids is 2. The first-order chi connectivity index (χ1) is 14.0. The molecule has 0 unspecified atom stereocenters. The van der Waals surface area contributed by atoms with Gasteiger partial charge < -0.3 is 14.3 Å². The average Bonchev–Trinajstić information content (AvgIpc) is 3.27. The molecule has 0 spiro atoms. The molecular formula is C19H15N3O7. The topological polar surface area (TPSA) is 121 Å². The summed E-state index contributed by atoms with van der Waals surface area (Å²) in [5, 5.41) is 14.8. The van der Waals surface area contributed by atoms with Gasteiger partial charge in [-0.15, -0.1) is 0 Å². The maximum atomic E-state index is 13.0. The van der Waals surface area contributed by atoms with Crippen LogP contribution < -0.4 is 14.4 Å².